The Balaban J connectivity index is 1.98. The third-order valence-corrected chi connectivity index (χ3v) is 4.95. The van der Waals surface area contributed by atoms with Crippen LogP contribution in [0.3, 0.4) is 0 Å². The molecule has 1 aromatic heterocycles. The average molecular weight is 328 g/mol. The Hall–Kier alpha value is -1.85. The zero-order valence-electron chi connectivity index (χ0n) is 12.7. The summed E-state index contributed by atoms with van der Waals surface area (Å²) in [7, 11) is 1.96. The fourth-order valence-corrected chi connectivity index (χ4v) is 3.76. The number of rotatable bonds is 2. The highest BCUT2D eigenvalue weighted by atomic mass is 32.2. The molecule has 3 nitrogen and oxygen atoms in total. The summed E-state index contributed by atoms with van der Waals surface area (Å²) in [4.78, 5) is 15.0. The van der Waals surface area contributed by atoms with E-state index in [-0.39, 0.29) is 5.91 Å². The highest BCUT2D eigenvalue weighted by Crippen LogP contribution is 2.37. The van der Waals surface area contributed by atoms with E-state index >= 15 is 0 Å². The van der Waals surface area contributed by atoms with Crippen molar-refractivity contribution < 1.29 is 4.79 Å². The minimum absolute atomic E-state index is 0.0526. The molecule has 0 radical (unpaired) electrons. The maximum absolute atomic E-state index is 12.7. The van der Waals surface area contributed by atoms with Crippen LogP contribution in [0.2, 0.25) is 0 Å². The molecule has 1 saturated heterocycles. The van der Waals surface area contributed by atoms with E-state index in [1.54, 1.807) is 4.90 Å². The molecule has 1 aliphatic heterocycles. The lowest BCUT2D eigenvalue weighted by Crippen LogP contribution is -2.28. The first kappa shape index (κ1) is 15.1. The summed E-state index contributed by atoms with van der Waals surface area (Å²) in [5, 5.41) is 0. The predicted octanol–water partition coefficient (Wildman–Crippen LogP) is 4.05. The summed E-state index contributed by atoms with van der Waals surface area (Å²) in [6, 6.07) is 9.96. The molecule has 3 rings (SSSR count). The van der Waals surface area contributed by atoms with Crippen LogP contribution in [0.5, 0.6) is 0 Å². The molecule has 0 spiro atoms. The van der Waals surface area contributed by atoms with Crippen molar-refractivity contribution in [3.8, 4) is 0 Å². The second kappa shape index (κ2) is 5.74. The van der Waals surface area contributed by atoms with Crippen molar-refractivity contribution in [3.63, 3.8) is 0 Å². The Kier molecular flexibility index (Phi) is 3.93. The maximum Gasteiger partial charge on any atom is 0.270 e. The van der Waals surface area contributed by atoms with Crippen LogP contribution < -0.4 is 4.90 Å². The topological polar surface area (TPSA) is 25.2 Å². The number of benzene rings is 1. The quantitative estimate of drug-likeness (QED) is 0.614. The van der Waals surface area contributed by atoms with E-state index in [1.165, 1.54) is 17.3 Å². The number of hydrogen-bond acceptors (Lipinski definition) is 3. The first-order valence-electron chi connectivity index (χ1n) is 6.94. The third kappa shape index (κ3) is 2.62. The van der Waals surface area contributed by atoms with Gasteiger partial charge >= 0.3 is 0 Å². The number of hydrogen-bond donors (Lipinski definition) is 0. The van der Waals surface area contributed by atoms with Crippen LogP contribution in [0.1, 0.15) is 16.8 Å². The van der Waals surface area contributed by atoms with Crippen molar-refractivity contribution in [2.75, 3.05) is 4.90 Å². The number of nitrogens with zero attached hydrogens (tertiary/aromatic N) is 2. The summed E-state index contributed by atoms with van der Waals surface area (Å²) in [5.41, 5.74) is 4.08. The highest BCUT2D eigenvalue weighted by molar-refractivity contribution is 8.27. The van der Waals surface area contributed by atoms with Gasteiger partial charge in [0.2, 0.25) is 0 Å². The van der Waals surface area contributed by atoms with E-state index in [9.17, 15) is 4.79 Å². The Morgan fingerprint density at radius 1 is 1.23 bits per heavy atom. The molecule has 1 aliphatic rings. The van der Waals surface area contributed by atoms with Crippen molar-refractivity contribution in [2.24, 2.45) is 7.05 Å². The molecule has 0 N–H and O–H groups in total. The van der Waals surface area contributed by atoms with Gasteiger partial charge in [-0.15, -0.1) is 0 Å². The highest BCUT2D eigenvalue weighted by Gasteiger charge is 2.34. The lowest BCUT2D eigenvalue weighted by atomic mass is 10.1. The molecule has 2 heterocycles. The monoisotopic (exact) mass is 328 g/mol. The molecular weight excluding hydrogens is 312 g/mol. The molecule has 0 unspecified atom stereocenters. The molecular formula is C17H16N2OS2. The minimum Gasteiger partial charge on any atom is -0.351 e. The van der Waals surface area contributed by atoms with Crippen LogP contribution in [-0.2, 0) is 11.8 Å². The number of carbonyl (C=O) groups is 1. The van der Waals surface area contributed by atoms with Crippen LogP contribution in [-0.4, -0.2) is 14.8 Å². The normalized spacial score (nSPS) is 16.9. The molecule has 5 heteroatoms. The lowest BCUT2D eigenvalue weighted by Gasteiger charge is -2.17. The first-order chi connectivity index (χ1) is 10.5. The van der Waals surface area contributed by atoms with Gasteiger partial charge in [0.25, 0.3) is 5.91 Å². The van der Waals surface area contributed by atoms with E-state index in [4.69, 9.17) is 12.2 Å². The average Bonchev–Trinajstić information content (AvgIpc) is 2.97. The van der Waals surface area contributed by atoms with Crippen molar-refractivity contribution in [2.45, 2.75) is 13.8 Å². The van der Waals surface area contributed by atoms with E-state index in [2.05, 4.69) is 6.07 Å². The molecule has 0 aliphatic carbocycles. The second-order valence-corrected chi connectivity index (χ2v) is 7.03. The Morgan fingerprint density at radius 3 is 2.64 bits per heavy atom. The molecule has 0 saturated carbocycles. The smallest absolute Gasteiger partial charge is 0.270 e. The van der Waals surface area contributed by atoms with Gasteiger partial charge in [-0.2, -0.15) is 0 Å². The zero-order valence-corrected chi connectivity index (χ0v) is 14.3. The van der Waals surface area contributed by atoms with Gasteiger partial charge in [-0.05, 0) is 43.7 Å². The molecule has 1 amide bonds. The number of thiocarbonyl (C=S) groups is 1. The fraction of sp³-hybridized carbons (Fsp3) is 0.176. The number of amides is 1. The Morgan fingerprint density at radius 2 is 2.00 bits per heavy atom. The number of carbonyl (C=O) groups excluding carboxylic acids is 1. The zero-order chi connectivity index (χ0) is 15.9. The Labute approximate surface area is 139 Å². The fourth-order valence-electron chi connectivity index (χ4n) is 2.49. The van der Waals surface area contributed by atoms with Gasteiger partial charge in [-0.3, -0.25) is 9.69 Å². The second-order valence-electron chi connectivity index (χ2n) is 5.35. The Bertz CT molecular complexity index is 805. The van der Waals surface area contributed by atoms with Crippen molar-refractivity contribution in [3.05, 3.63) is 58.3 Å². The van der Waals surface area contributed by atoms with Gasteiger partial charge in [0.05, 0.1) is 10.6 Å². The summed E-state index contributed by atoms with van der Waals surface area (Å²) in [6.07, 6.45) is 3.85. The van der Waals surface area contributed by atoms with Gasteiger partial charge in [0, 0.05) is 18.9 Å². The molecule has 1 aromatic carbocycles. The minimum atomic E-state index is -0.0526. The van der Waals surface area contributed by atoms with Gasteiger partial charge in [0.15, 0.2) is 4.32 Å². The largest absolute Gasteiger partial charge is 0.351 e. The number of anilines is 1. The SMILES string of the molecule is Cc1ccc(N2C(=O)/C(=C\c3cccn3C)SC2=S)c(C)c1. The molecule has 22 heavy (non-hydrogen) atoms. The lowest BCUT2D eigenvalue weighted by molar-refractivity contribution is -0.113. The molecule has 0 bridgehead atoms. The summed E-state index contributed by atoms with van der Waals surface area (Å²) >= 11 is 6.77. The van der Waals surface area contributed by atoms with Crippen LogP contribution in [0, 0.1) is 13.8 Å². The predicted molar refractivity (Wildman–Crippen MR) is 97.0 cm³/mol. The number of aromatic nitrogens is 1. The van der Waals surface area contributed by atoms with Crippen molar-refractivity contribution in [1.82, 2.24) is 4.57 Å². The molecule has 0 atom stereocenters. The van der Waals surface area contributed by atoms with Crippen LogP contribution in [0.4, 0.5) is 5.69 Å². The molecule has 2 aromatic rings. The summed E-state index contributed by atoms with van der Waals surface area (Å²) in [5.74, 6) is -0.0526. The van der Waals surface area contributed by atoms with E-state index < -0.39 is 0 Å². The van der Waals surface area contributed by atoms with Gasteiger partial charge in [-0.25, -0.2) is 0 Å². The van der Waals surface area contributed by atoms with Crippen molar-refractivity contribution >= 4 is 46.0 Å². The van der Waals surface area contributed by atoms with E-state index in [0.29, 0.717) is 9.23 Å². The van der Waals surface area contributed by atoms with Gasteiger partial charge < -0.3 is 4.57 Å². The van der Waals surface area contributed by atoms with Gasteiger partial charge in [-0.1, -0.05) is 41.7 Å². The third-order valence-electron chi connectivity index (χ3n) is 3.65. The molecule has 112 valence electrons. The van der Waals surface area contributed by atoms with Gasteiger partial charge in [0.1, 0.15) is 0 Å². The molecule has 1 fully saturated rings. The number of thioether (sulfide) groups is 1. The summed E-state index contributed by atoms with van der Waals surface area (Å²) in [6.45, 7) is 4.04. The van der Waals surface area contributed by atoms with Crippen molar-refractivity contribution in [1.29, 1.82) is 0 Å². The van der Waals surface area contributed by atoms with Crippen LogP contribution in [0.15, 0.2) is 41.4 Å². The van der Waals surface area contributed by atoms with Crippen LogP contribution >= 0.6 is 24.0 Å². The van der Waals surface area contributed by atoms with E-state index in [0.717, 1.165) is 16.9 Å². The summed E-state index contributed by atoms with van der Waals surface area (Å²) < 4.78 is 2.56. The number of aryl methyl sites for hydroxylation is 3. The van der Waals surface area contributed by atoms with E-state index in [1.807, 2.05) is 62.0 Å². The maximum atomic E-state index is 12.7. The standard InChI is InChI=1S/C17H16N2OS2/c1-11-6-7-14(12(2)9-11)19-16(20)15(22-17(19)21)10-13-5-4-8-18(13)3/h4-10H,1-3H3/b15-10+. The van der Waals surface area contributed by atoms with Crippen LogP contribution in [0.25, 0.3) is 6.08 Å². The first-order valence-corrected chi connectivity index (χ1v) is 8.16.